The Labute approximate surface area is 128 Å². The number of carbonyl (C=O) groups excluding carboxylic acids is 1. The molecule has 5 nitrogen and oxygen atoms in total. The molecule has 0 aliphatic heterocycles. The average Bonchev–Trinajstić information content (AvgIpc) is 2.89. The minimum atomic E-state index is -4.43. The SMILES string of the molecule is CC(=O)Nc1cc2c(cn1)cnn2-c1cccc(C(F)(F)F)c1. The van der Waals surface area contributed by atoms with Gasteiger partial charge in [-0.05, 0) is 18.2 Å². The molecule has 0 saturated carbocycles. The molecule has 1 aromatic carbocycles. The number of hydrogen-bond acceptors (Lipinski definition) is 3. The Morgan fingerprint density at radius 2 is 2.00 bits per heavy atom. The first-order chi connectivity index (χ1) is 10.8. The van der Waals surface area contributed by atoms with Crippen LogP contribution in [0, 0.1) is 0 Å². The highest BCUT2D eigenvalue weighted by molar-refractivity contribution is 5.90. The first kappa shape index (κ1) is 15.0. The molecule has 0 spiro atoms. The van der Waals surface area contributed by atoms with E-state index in [2.05, 4.69) is 15.4 Å². The number of hydrogen-bond donors (Lipinski definition) is 1. The lowest BCUT2D eigenvalue weighted by atomic mass is 10.2. The molecule has 3 rings (SSSR count). The molecule has 0 aliphatic rings. The van der Waals surface area contributed by atoms with Gasteiger partial charge in [-0.1, -0.05) is 6.07 Å². The van der Waals surface area contributed by atoms with E-state index in [1.54, 1.807) is 6.07 Å². The van der Waals surface area contributed by atoms with Crippen LogP contribution in [0.2, 0.25) is 0 Å². The first-order valence-corrected chi connectivity index (χ1v) is 6.63. The van der Waals surface area contributed by atoms with E-state index in [9.17, 15) is 18.0 Å². The van der Waals surface area contributed by atoms with Crippen molar-refractivity contribution in [3.8, 4) is 5.69 Å². The van der Waals surface area contributed by atoms with E-state index >= 15 is 0 Å². The van der Waals surface area contributed by atoms with Gasteiger partial charge in [0.25, 0.3) is 0 Å². The van der Waals surface area contributed by atoms with E-state index in [1.165, 1.54) is 36.1 Å². The molecule has 8 heteroatoms. The number of nitrogens with one attached hydrogen (secondary N) is 1. The maximum atomic E-state index is 12.8. The smallest absolute Gasteiger partial charge is 0.311 e. The Kier molecular flexibility index (Phi) is 3.51. The van der Waals surface area contributed by atoms with Crippen LogP contribution in [0.4, 0.5) is 19.0 Å². The molecule has 2 aromatic heterocycles. The molecule has 1 N–H and O–H groups in total. The van der Waals surface area contributed by atoms with Crippen LogP contribution in [0.25, 0.3) is 16.6 Å². The highest BCUT2D eigenvalue weighted by atomic mass is 19.4. The van der Waals surface area contributed by atoms with Crippen molar-refractivity contribution in [2.45, 2.75) is 13.1 Å². The van der Waals surface area contributed by atoms with Crippen molar-refractivity contribution in [3.63, 3.8) is 0 Å². The molecule has 118 valence electrons. The zero-order valence-corrected chi connectivity index (χ0v) is 11.9. The largest absolute Gasteiger partial charge is 0.416 e. The summed E-state index contributed by atoms with van der Waals surface area (Å²) in [5, 5.41) is 7.29. The number of amides is 1. The Morgan fingerprint density at radius 3 is 2.70 bits per heavy atom. The minimum Gasteiger partial charge on any atom is -0.311 e. The van der Waals surface area contributed by atoms with Crippen LogP contribution in [-0.4, -0.2) is 20.7 Å². The van der Waals surface area contributed by atoms with Crippen LogP contribution in [0.5, 0.6) is 0 Å². The minimum absolute atomic E-state index is 0.273. The van der Waals surface area contributed by atoms with E-state index in [0.717, 1.165) is 12.1 Å². The maximum Gasteiger partial charge on any atom is 0.416 e. The van der Waals surface area contributed by atoms with Crippen LogP contribution in [0.1, 0.15) is 12.5 Å². The topological polar surface area (TPSA) is 59.8 Å². The highest BCUT2D eigenvalue weighted by Gasteiger charge is 2.30. The van der Waals surface area contributed by atoms with Crippen molar-refractivity contribution < 1.29 is 18.0 Å². The van der Waals surface area contributed by atoms with Gasteiger partial charge in [-0.15, -0.1) is 0 Å². The van der Waals surface area contributed by atoms with E-state index in [1.807, 2.05) is 0 Å². The maximum absolute atomic E-state index is 12.8. The monoisotopic (exact) mass is 320 g/mol. The zero-order valence-electron chi connectivity index (χ0n) is 11.9. The number of pyridine rings is 1. The van der Waals surface area contributed by atoms with Gasteiger partial charge >= 0.3 is 6.18 Å². The zero-order chi connectivity index (χ0) is 16.6. The summed E-state index contributed by atoms with van der Waals surface area (Å²) in [7, 11) is 0. The number of alkyl halides is 3. The molecule has 3 aromatic rings. The molecule has 0 saturated heterocycles. The van der Waals surface area contributed by atoms with Gasteiger partial charge in [0, 0.05) is 24.6 Å². The number of aromatic nitrogens is 3. The van der Waals surface area contributed by atoms with Crippen molar-refractivity contribution in [2.75, 3.05) is 5.32 Å². The first-order valence-electron chi connectivity index (χ1n) is 6.63. The molecule has 0 atom stereocenters. The average molecular weight is 320 g/mol. The second kappa shape index (κ2) is 5.38. The standard InChI is InChI=1S/C15H11F3N4O/c1-9(23)21-14-6-13-10(7-19-14)8-20-22(13)12-4-2-3-11(5-12)15(16,17)18/h2-8H,1H3,(H,19,21,23). The van der Waals surface area contributed by atoms with Crippen LogP contribution < -0.4 is 5.32 Å². The normalized spacial score (nSPS) is 11.7. The molecule has 0 fully saturated rings. The van der Waals surface area contributed by atoms with E-state index in [-0.39, 0.29) is 11.6 Å². The fourth-order valence-corrected chi connectivity index (χ4v) is 2.19. The van der Waals surface area contributed by atoms with Crippen molar-refractivity contribution in [1.82, 2.24) is 14.8 Å². The van der Waals surface area contributed by atoms with Gasteiger partial charge in [0.2, 0.25) is 5.91 Å². The van der Waals surface area contributed by atoms with Gasteiger partial charge < -0.3 is 5.32 Å². The molecule has 1 amide bonds. The van der Waals surface area contributed by atoms with Crippen LogP contribution in [0.3, 0.4) is 0 Å². The lowest BCUT2D eigenvalue weighted by molar-refractivity contribution is -0.137. The van der Waals surface area contributed by atoms with Gasteiger partial charge in [0.1, 0.15) is 5.82 Å². The summed E-state index contributed by atoms with van der Waals surface area (Å²) in [6.45, 7) is 1.34. The second-order valence-corrected chi connectivity index (χ2v) is 4.91. The Balaban J connectivity index is 2.11. The number of anilines is 1. The highest BCUT2D eigenvalue weighted by Crippen LogP contribution is 2.31. The summed E-state index contributed by atoms with van der Waals surface area (Å²) < 4.78 is 39.9. The fraction of sp³-hybridized carbons (Fsp3) is 0.133. The fourth-order valence-electron chi connectivity index (χ4n) is 2.19. The van der Waals surface area contributed by atoms with Crippen molar-refractivity contribution in [3.05, 3.63) is 48.3 Å². The van der Waals surface area contributed by atoms with Gasteiger partial charge in [0.05, 0.1) is 23.0 Å². The second-order valence-electron chi connectivity index (χ2n) is 4.91. The lowest BCUT2D eigenvalue weighted by Crippen LogP contribution is -2.08. The van der Waals surface area contributed by atoms with Crippen molar-refractivity contribution in [2.24, 2.45) is 0 Å². The quantitative estimate of drug-likeness (QED) is 0.787. The van der Waals surface area contributed by atoms with E-state index < -0.39 is 11.7 Å². The third-order valence-corrected chi connectivity index (χ3v) is 3.17. The third-order valence-electron chi connectivity index (χ3n) is 3.17. The van der Waals surface area contributed by atoms with Crippen LogP contribution in [-0.2, 0) is 11.0 Å². The lowest BCUT2D eigenvalue weighted by Gasteiger charge is -2.10. The number of halogens is 3. The Bertz CT molecular complexity index is 886. The third kappa shape index (κ3) is 3.01. The summed E-state index contributed by atoms with van der Waals surface area (Å²) in [6, 6.07) is 6.43. The molecule has 2 heterocycles. The predicted octanol–water partition coefficient (Wildman–Crippen LogP) is 3.40. The molecule has 23 heavy (non-hydrogen) atoms. The molecular formula is C15H11F3N4O. The van der Waals surface area contributed by atoms with Gasteiger partial charge in [-0.2, -0.15) is 18.3 Å². The number of nitrogens with zero attached hydrogens (tertiary/aromatic N) is 3. The van der Waals surface area contributed by atoms with E-state index in [4.69, 9.17) is 0 Å². The Morgan fingerprint density at radius 1 is 1.22 bits per heavy atom. The number of benzene rings is 1. The summed E-state index contributed by atoms with van der Waals surface area (Å²) >= 11 is 0. The van der Waals surface area contributed by atoms with Crippen molar-refractivity contribution in [1.29, 1.82) is 0 Å². The molecule has 0 aliphatic carbocycles. The summed E-state index contributed by atoms with van der Waals surface area (Å²) in [5.74, 6) is 0.0145. The molecular weight excluding hydrogens is 309 g/mol. The number of carbonyl (C=O) groups is 1. The summed E-state index contributed by atoms with van der Waals surface area (Å²) in [6.07, 6.45) is -1.43. The molecule has 0 radical (unpaired) electrons. The number of fused-ring (bicyclic) bond motifs is 1. The predicted molar refractivity (Wildman–Crippen MR) is 78.2 cm³/mol. The van der Waals surface area contributed by atoms with Gasteiger partial charge in [0.15, 0.2) is 0 Å². The molecule has 0 unspecified atom stereocenters. The van der Waals surface area contributed by atoms with Crippen LogP contribution >= 0.6 is 0 Å². The van der Waals surface area contributed by atoms with Gasteiger partial charge in [-0.25, -0.2) is 9.67 Å². The number of rotatable bonds is 2. The van der Waals surface area contributed by atoms with E-state index in [0.29, 0.717) is 16.7 Å². The Hall–Kier alpha value is -2.90. The van der Waals surface area contributed by atoms with Gasteiger partial charge in [-0.3, -0.25) is 4.79 Å². The van der Waals surface area contributed by atoms with Crippen molar-refractivity contribution >= 4 is 22.6 Å². The molecule has 0 bridgehead atoms. The summed E-state index contributed by atoms with van der Waals surface area (Å²) in [4.78, 5) is 15.1. The van der Waals surface area contributed by atoms with Crippen LogP contribution in [0.15, 0.2) is 42.7 Å². The summed E-state index contributed by atoms with van der Waals surface area (Å²) in [5.41, 5.74) is 0.0627.